The van der Waals surface area contributed by atoms with E-state index in [2.05, 4.69) is 43.4 Å². The molecule has 2 N–H and O–H groups in total. The molecular formula is C21H28N6O3S. The molecule has 166 valence electrons. The van der Waals surface area contributed by atoms with E-state index in [4.69, 9.17) is 4.74 Å². The summed E-state index contributed by atoms with van der Waals surface area (Å²) >= 11 is 0. The van der Waals surface area contributed by atoms with Gasteiger partial charge in [-0.25, -0.2) is 28.1 Å². The minimum atomic E-state index is -3.58. The van der Waals surface area contributed by atoms with Gasteiger partial charge in [-0.2, -0.15) is 0 Å². The lowest BCUT2D eigenvalue weighted by Gasteiger charge is -2.13. The standard InChI is InChI=1S/C21H28N6O3S/c1-15(2)14-27-16(3)23-13-20(27)19-9-10-22-21(26-19)25-17-5-7-18(8-6-17)31(28,29)24-11-12-30-4/h5-10,13,15,24H,11-12,14H2,1-4H3,(H,22,25,26). The monoisotopic (exact) mass is 444 g/mol. The average Bonchev–Trinajstić information content (AvgIpc) is 3.08. The summed E-state index contributed by atoms with van der Waals surface area (Å²) in [5, 5.41) is 3.12. The predicted molar refractivity (Wildman–Crippen MR) is 120 cm³/mol. The quantitative estimate of drug-likeness (QED) is 0.463. The van der Waals surface area contributed by atoms with Crippen LogP contribution in [0.4, 0.5) is 11.6 Å². The van der Waals surface area contributed by atoms with Crippen LogP contribution in [0.1, 0.15) is 19.7 Å². The molecule has 2 aromatic heterocycles. The Balaban J connectivity index is 1.76. The SMILES string of the molecule is COCCNS(=O)(=O)c1ccc(Nc2nccc(-c3cnc(C)n3CC(C)C)n2)cc1. The highest BCUT2D eigenvalue weighted by Crippen LogP contribution is 2.22. The average molecular weight is 445 g/mol. The molecule has 0 fully saturated rings. The van der Waals surface area contributed by atoms with Crippen LogP contribution in [0.3, 0.4) is 0 Å². The number of sulfonamides is 1. The fraction of sp³-hybridized carbons (Fsp3) is 0.381. The molecule has 0 atom stereocenters. The highest BCUT2D eigenvalue weighted by atomic mass is 32.2. The summed E-state index contributed by atoms with van der Waals surface area (Å²) in [5.74, 6) is 1.83. The maximum Gasteiger partial charge on any atom is 0.240 e. The third-order valence-electron chi connectivity index (χ3n) is 4.54. The second kappa shape index (κ2) is 9.99. The fourth-order valence-corrected chi connectivity index (χ4v) is 4.05. The van der Waals surface area contributed by atoms with E-state index in [0.717, 1.165) is 23.8 Å². The van der Waals surface area contributed by atoms with Gasteiger partial charge in [0.05, 0.1) is 29.1 Å². The zero-order valence-electron chi connectivity index (χ0n) is 18.2. The molecule has 0 bridgehead atoms. The van der Waals surface area contributed by atoms with E-state index in [-0.39, 0.29) is 11.4 Å². The molecule has 0 aliphatic carbocycles. The van der Waals surface area contributed by atoms with Gasteiger partial charge >= 0.3 is 0 Å². The zero-order chi connectivity index (χ0) is 22.4. The highest BCUT2D eigenvalue weighted by molar-refractivity contribution is 7.89. The molecule has 2 heterocycles. The van der Waals surface area contributed by atoms with E-state index in [1.165, 1.54) is 19.2 Å². The van der Waals surface area contributed by atoms with Gasteiger partial charge in [0.2, 0.25) is 16.0 Å². The lowest BCUT2D eigenvalue weighted by Crippen LogP contribution is -2.27. The van der Waals surface area contributed by atoms with Crippen molar-refractivity contribution in [1.29, 1.82) is 0 Å². The van der Waals surface area contributed by atoms with Crippen molar-refractivity contribution in [3.63, 3.8) is 0 Å². The summed E-state index contributed by atoms with van der Waals surface area (Å²) in [6, 6.07) is 8.26. The number of benzene rings is 1. The van der Waals surface area contributed by atoms with E-state index in [1.807, 2.05) is 19.2 Å². The smallest absolute Gasteiger partial charge is 0.240 e. The molecule has 0 unspecified atom stereocenters. The van der Waals surface area contributed by atoms with Crippen molar-refractivity contribution >= 4 is 21.7 Å². The van der Waals surface area contributed by atoms with Gasteiger partial charge in [-0.1, -0.05) is 13.8 Å². The number of rotatable bonds is 10. The first-order chi connectivity index (χ1) is 14.8. The number of imidazole rings is 1. The second-order valence-corrected chi connectivity index (χ2v) is 9.27. The number of nitrogens with one attached hydrogen (secondary N) is 2. The van der Waals surface area contributed by atoms with Crippen molar-refractivity contribution < 1.29 is 13.2 Å². The lowest BCUT2D eigenvalue weighted by atomic mass is 10.2. The second-order valence-electron chi connectivity index (χ2n) is 7.50. The Hall–Kier alpha value is -2.82. The van der Waals surface area contributed by atoms with Gasteiger partial charge in [0.15, 0.2) is 0 Å². The Labute approximate surface area is 183 Å². The van der Waals surface area contributed by atoms with Crippen LogP contribution < -0.4 is 10.0 Å². The largest absolute Gasteiger partial charge is 0.383 e. The Kier molecular flexibility index (Phi) is 7.37. The predicted octanol–water partition coefficient (Wildman–Crippen LogP) is 2.97. The summed E-state index contributed by atoms with van der Waals surface area (Å²) < 4.78 is 34.0. The summed E-state index contributed by atoms with van der Waals surface area (Å²) in [7, 11) is -2.06. The maximum atomic E-state index is 12.3. The van der Waals surface area contributed by atoms with Crippen molar-refractivity contribution in [3.05, 3.63) is 48.5 Å². The Morgan fingerprint density at radius 3 is 2.55 bits per heavy atom. The molecule has 10 heteroatoms. The molecule has 0 amide bonds. The van der Waals surface area contributed by atoms with Crippen molar-refractivity contribution in [1.82, 2.24) is 24.2 Å². The van der Waals surface area contributed by atoms with Crippen LogP contribution in [-0.2, 0) is 21.3 Å². The van der Waals surface area contributed by atoms with Crippen LogP contribution in [-0.4, -0.2) is 48.2 Å². The number of nitrogens with zero attached hydrogens (tertiary/aromatic N) is 4. The summed E-state index contributed by atoms with van der Waals surface area (Å²) in [5.41, 5.74) is 2.38. The first-order valence-corrected chi connectivity index (χ1v) is 11.5. The molecule has 0 radical (unpaired) electrons. The lowest BCUT2D eigenvalue weighted by molar-refractivity contribution is 0.204. The summed E-state index contributed by atoms with van der Waals surface area (Å²) in [4.78, 5) is 13.5. The van der Waals surface area contributed by atoms with Crippen molar-refractivity contribution in [2.75, 3.05) is 25.6 Å². The minimum Gasteiger partial charge on any atom is -0.383 e. The fourth-order valence-electron chi connectivity index (χ4n) is 3.04. The van der Waals surface area contributed by atoms with E-state index >= 15 is 0 Å². The maximum absolute atomic E-state index is 12.3. The highest BCUT2D eigenvalue weighted by Gasteiger charge is 2.14. The Morgan fingerprint density at radius 1 is 1.13 bits per heavy atom. The number of ether oxygens (including phenoxy) is 1. The van der Waals surface area contributed by atoms with Gasteiger partial charge in [-0.3, -0.25) is 0 Å². The first-order valence-electron chi connectivity index (χ1n) is 10.0. The van der Waals surface area contributed by atoms with Gasteiger partial charge in [-0.15, -0.1) is 0 Å². The minimum absolute atomic E-state index is 0.178. The Morgan fingerprint density at radius 2 is 1.87 bits per heavy atom. The van der Waals surface area contributed by atoms with Gasteiger partial charge < -0.3 is 14.6 Å². The van der Waals surface area contributed by atoms with Crippen molar-refractivity contribution in [3.8, 4) is 11.4 Å². The molecule has 31 heavy (non-hydrogen) atoms. The molecule has 1 aromatic carbocycles. The van der Waals surface area contributed by atoms with Crippen LogP contribution in [0.25, 0.3) is 11.4 Å². The first kappa shape index (κ1) is 22.9. The van der Waals surface area contributed by atoms with Gasteiger partial charge in [0, 0.05) is 32.1 Å². The van der Waals surface area contributed by atoms with Crippen LogP contribution in [0.15, 0.2) is 47.6 Å². The van der Waals surface area contributed by atoms with E-state index < -0.39 is 10.0 Å². The van der Waals surface area contributed by atoms with E-state index in [9.17, 15) is 8.42 Å². The topological polar surface area (TPSA) is 111 Å². The molecule has 9 nitrogen and oxygen atoms in total. The molecule has 3 aromatic rings. The molecule has 3 rings (SSSR count). The van der Waals surface area contributed by atoms with Gasteiger partial charge in [0.25, 0.3) is 0 Å². The van der Waals surface area contributed by atoms with Crippen LogP contribution in [0.2, 0.25) is 0 Å². The van der Waals surface area contributed by atoms with Gasteiger partial charge in [0.1, 0.15) is 5.82 Å². The normalized spacial score (nSPS) is 11.8. The zero-order valence-corrected chi connectivity index (χ0v) is 19.0. The van der Waals surface area contributed by atoms with Crippen molar-refractivity contribution in [2.24, 2.45) is 5.92 Å². The van der Waals surface area contributed by atoms with E-state index in [0.29, 0.717) is 24.2 Å². The number of aryl methyl sites for hydroxylation is 1. The Bertz CT molecular complexity index is 1110. The number of methoxy groups -OCH3 is 1. The molecule has 0 saturated carbocycles. The molecule has 0 aliphatic rings. The third kappa shape index (κ3) is 5.87. The molecule has 0 aliphatic heterocycles. The summed E-state index contributed by atoms with van der Waals surface area (Å²) in [6.45, 7) is 7.67. The number of aromatic nitrogens is 4. The summed E-state index contributed by atoms with van der Waals surface area (Å²) in [6.07, 6.45) is 3.51. The van der Waals surface area contributed by atoms with Gasteiger partial charge in [-0.05, 0) is 43.2 Å². The third-order valence-corrected chi connectivity index (χ3v) is 6.02. The van der Waals surface area contributed by atoms with E-state index in [1.54, 1.807) is 18.3 Å². The van der Waals surface area contributed by atoms with Crippen LogP contribution >= 0.6 is 0 Å². The molecular weight excluding hydrogens is 416 g/mol. The van der Waals surface area contributed by atoms with Crippen molar-refractivity contribution in [2.45, 2.75) is 32.2 Å². The number of hydrogen-bond donors (Lipinski definition) is 2. The number of hydrogen-bond acceptors (Lipinski definition) is 7. The molecule has 0 saturated heterocycles. The number of anilines is 2. The molecule has 0 spiro atoms. The van der Waals surface area contributed by atoms with Crippen LogP contribution in [0.5, 0.6) is 0 Å². The van der Waals surface area contributed by atoms with Crippen LogP contribution in [0, 0.1) is 12.8 Å².